The number of rotatable bonds is 1. The topological polar surface area (TPSA) is 66.6 Å². The van der Waals surface area contributed by atoms with Gasteiger partial charge in [0.1, 0.15) is 5.75 Å². The van der Waals surface area contributed by atoms with Crippen LogP contribution in [-0.4, -0.2) is 28.0 Å². The van der Waals surface area contributed by atoms with E-state index in [9.17, 15) is 9.90 Å². The first-order valence-electron chi connectivity index (χ1n) is 6.47. The monoisotopic (exact) mass is 246 g/mol. The van der Waals surface area contributed by atoms with Crippen LogP contribution in [0.3, 0.4) is 0 Å². The smallest absolute Gasteiger partial charge is 0.242 e. The van der Waals surface area contributed by atoms with Crippen LogP contribution in [0.15, 0.2) is 18.2 Å². The number of aromatic hydroxyl groups is 1. The van der Waals surface area contributed by atoms with E-state index in [4.69, 9.17) is 5.73 Å². The molecule has 96 valence electrons. The van der Waals surface area contributed by atoms with Crippen molar-refractivity contribution < 1.29 is 9.90 Å². The largest absolute Gasteiger partial charge is 0.508 e. The number of nitrogens with two attached hydrogens (primary N) is 1. The Bertz CT molecular complexity index is 495. The van der Waals surface area contributed by atoms with Gasteiger partial charge in [-0.15, -0.1) is 0 Å². The molecule has 0 unspecified atom stereocenters. The molecule has 1 aromatic carbocycles. The van der Waals surface area contributed by atoms with Crippen LogP contribution in [0.2, 0.25) is 0 Å². The van der Waals surface area contributed by atoms with Crippen LogP contribution >= 0.6 is 0 Å². The Hall–Kier alpha value is -1.55. The van der Waals surface area contributed by atoms with Crippen molar-refractivity contribution in [1.29, 1.82) is 0 Å². The Kier molecular flexibility index (Phi) is 2.55. The van der Waals surface area contributed by atoms with Crippen LogP contribution in [0.4, 0.5) is 0 Å². The normalized spacial score (nSPS) is 21.1. The van der Waals surface area contributed by atoms with E-state index >= 15 is 0 Å². The molecule has 2 aliphatic rings. The Morgan fingerprint density at radius 1 is 1.33 bits per heavy atom. The third-order valence-electron chi connectivity index (χ3n) is 4.16. The standard InChI is InChI=1S/C14H18N2O2/c15-14(5-1-6-14)13(18)16-7-4-10-2-3-12(17)8-11(10)9-16/h2-3,8,17H,1,4-7,9,15H2. The number of phenolic OH excluding ortho intramolecular Hbond substituents is 1. The molecular formula is C14H18N2O2. The SMILES string of the molecule is NC1(C(=O)N2CCc3ccc(O)cc3C2)CCC1. The van der Waals surface area contributed by atoms with Crippen molar-refractivity contribution in [2.24, 2.45) is 5.73 Å². The second-order valence-electron chi connectivity index (χ2n) is 5.44. The quantitative estimate of drug-likeness (QED) is 0.781. The second-order valence-corrected chi connectivity index (χ2v) is 5.44. The minimum atomic E-state index is -0.617. The summed E-state index contributed by atoms with van der Waals surface area (Å²) in [6, 6.07) is 5.39. The number of hydrogen-bond donors (Lipinski definition) is 2. The molecule has 18 heavy (non-hydrogen) atoms. The zero-order valence-electron chi connectivity index (χ0n) is 10.4. The summed E-state index contributed by atoms with van der Waals surface area (Å²) in [5, 5.41) is 9.50. The molecule has 0 saturated heterocycles. The number of nitrogens with zero attached hydrogens (tertiary/aromatic N) is 1. The molecule has 1 heterocycles. The number of hydrogen-bond acceptors (Lipinski definition) is 3. The number of benzene rings is 1. The Morgan fingerprint density at radius 3 is 2.78 bits per heavy atom. The molecule has 0 radical (unpaired) electrons. The van der Waals surface area contributed by atoms with Gasteiger partial charge < -0.3 is 15.7 Å². The van der Waals surface area contributed by atoms with Crippen LogP contribution in [0.1, 0.15) is 30.4 Å². The summed E-state index contributed by atoms with van der Waals surface area (Å²) in [6.45, 7) is 1.30. The predicted molar refractivity (Wildman–Crippen MR) is 68.0 cm³/mol. The molecule has 1 aliphatic carbocycles. The number of carbonyl (C=O) groups excluding carboxylic acids is 1. The first-order valence-corrected chi connectivity index (χ1v) is 6.47. The summed E-state index contributed by atoms with van der Waals surface area (Å²) in [7, 11) is 0. The van der Waals surface area contributed by atoms with Gasteiger partial charge in [0, 0.05) is 13.1 Å². The van der Waals surface area contributed by atoms with Crippen molar-refractivity contribution in [1.82, 2.24) is 4.90 Å². The van der Waals surface area contributed by atoms with E-state index in [0.29, 0.717) is 6.54 Å². The van der Waals surface area contributed by atoms with Crippen molar-refractivity contribution in [3.05, 3.63) is 29.3 Å². The van der Waals surface area contributed by atoms with E-state index in [1.54, 1.807) is 12.1 Å². The third kappa shape index (κ3) is 1.77. The third-order valence-corrected chi connectivity index (χ3v) is 4.16. The van der Waals surface area contributed by atoms with Gasteiger partial charge >= 0.3 is 0 Å². The Labute approximate surface area is 106 Å². The average molecular weight is 246 g/mol. The van der Waals surface area contributed by atoms with Crippen LogP contribution < -0.4 is 5.73 Å². The molecule has 1 fully saturated rings. The predicted octanol–water partition coefficient (Wildman–Crippen LogP) is 1.16. The van der Waals surface area contributed by atoms with Crippen molar-refractivity contribution in [2.75, 3.05) is 6.54 Å². The van der Waals surface area contributed by atoms with E-state index in [1.165, 1.54) is 5.56 Å². The molecular weight excluding hydrogens is 228 g/mol. The van der Waals surface area contributed by atoms with Gasteiger partial charge in [-0.05, 0) is 48.9 Å². The van der Waals surface area contributed by atoms with Gasteiger partial charge in [0.15, 0.2) is 0 Å². The lowest BCUT2D eigenvalue weighted by atomic mass is 9.76. The van der Waals surface area contributed by atoms with Crippen molar-refractivity contribution in [2.45, 2.75) is 37.8 Å². The highest BCUT2D eigenvalue weighted by Crippen LogP contribution is 2.33. The molecule has 1 aromatic rings. The van der Waals surface area contributed by atoms with Gasteiger partial charge in [-0.2, -0.15) is 0 Å². The van der Waals surface area contributed by atoms with Gasteiger partial charge in [-0.1, -0.05) is 6.07 Å². The molecule has 3 N–H and O–H groups in total. The first kappa shape index (κ1) is 11.5. The molecule has 0 spiro atoms. The Morgan fingerprint density at radius 2 is 2.11 bits per heavy atom. The summed E-state index contributed by atoms with van der Waals surface area (Å²) < 4.78 is 0. The first-order chi connectivity index (χ1) is 8.58. The summed E-state index contributed by atoms with van der Waals surface area (Å²) in [6.07, 6.45) is 3.50. The lowest BCUT2D eigenvalue weighted by Gasteiger charge is -2.41. The Balaban J connectivity index is 1.80. The zero-order chi connectivity index (χ0) is 12.8. The van der Waals surface area contributed by atoms with Gasteiger partial charge in [-0.3, -0.25) is 4.79 Å². The number of amides is 1. The van der Waals surface area contributed by atoms with Crippen LogP contribution in [0.25, 0.3) is 0 Å². The fourth-order valence-electron chi connectivity index (χ4n) is 2.80. The van der Waals surface area contributed by atoms with E-state index in [2.05, 4.69) is 0 Å². The molecule has 0 aromatic heterocycles. The molecule has 4 heteroatoms. The van der Waals surface area contributed by atoms with E-state index in [0.717, 1.165) is 37.8 Å². The summed E-state index contributed by atoms with van der Waals surface area (Å²) >= 11 is 0. The maximum atomic E-state index is 12.3. The fraction of sp³-hybridized carbons (Fsp3) is 0.500. The van der Waals surface area contributed by atoms with E-state index in [1.807, 2.05) is 11.0 Å². The molecule has 0 atom stereocenters. The number of carbonyl (C=O) groups is 1. The van der Waals surface area contributed by atoms with Crippen molar-refractivity contribution in [3.8, 4) is 5.75 Å². The van der Waals surface area contributed by atoms with E-state index in [-0.39, 0.29) is 11.7 Å². The van der Waals surface area contributed by atoms with E-state index < -0.39 is 5.54 Å². The molecule has 4 nitrogen and oxygen atoms in total. The lowest BCUT2D eigenvalue weighted by molar-refractivity contribution is -0.141. The zero-order valence-corrected chi connectivity index (χ0v) is 10.4. The molecule has 0 bridgehead atoms. The minimum Gasteiger partial charge on any atom is -0.508 e. The van der Waals surface area contributed by atoms with Crippen LogP contribution in [-0.2, 0) is 17.8 Å². The van der Waals surface area contributed by atoms with Crippen molar-refractivity contribution >= 4 is 5.91 Å². The van der Waals surface area contributed by atoms with Gasteiger partial charge in [-0.25, -0.2) is 0 Å². The minimum absolute atomic E-state index is 0.0720. The van der Waals surface area contributed by atoms with Gasteiger partial charge in [0.25, 0.3) is 0 Å². The second kappa shape index (κ2) is 3.99. The van der Waals surface area contributed by atoms with Crippen LogP contribution in [0, 0.1) is 0 Å². The molecule has 1 amide bonds. The highest BCUT2D eigenvalue weighted by molar-refractivity contribution is 5.87. The summed E-state index contributed by atoms with van der Waals surface area (Å²) in [4.78, 5) is 14.2. The average Bonchev–Trinajstić information content (AvgIpc) is 2.34. The van der Waals surface area contributed by atoms with Crippen LogP contribution in [0.5, 0.6) is 5.75 Å². The molecule has 1 aliphatic heterocycles. The fourth-order valence-corrected chi connectivity index (χ4v) is 2.80. The lowest BCUT2D eigenvalue weighted by Crippen LogP contribution is -2.60. The molecule has 3 rings (SSSR count). The number of phenols is 1. The summed E-state index contributed by atoms with van der Waals surface area (Å²) in [5.41, 5.74) is 7.73. The maximum Gasteiger partial charge on any atom is 0.242 e. The van der Waals surface area contributed by atoms with Gasteiger partial charge in [0.2, 0.25) is 5.91 Å². The van der Waals surface area contributed by atoms with Crippen molar-refractivity contribution in [3.63, 3.8) is 0 Å². The van der Waals surface area contributed by atoms with Gasteiger partial charge in [0.05, 0.1) is 5.54 Å². The highest BCUT2D eigenvalue weighted by Gasteiger charge is 2.43. The summed E-state index contributed by atoms with van der Waals surface area (Å²) in [5.74, 6) is 0.330. The maximum absolute atomic E-state index is 12.3. The highest BCUT2D eigenvalue weighted by atomic mass is 16.3. The molecule has 1 saturated carbocycles. The number of fused-ring (bicyclic) bond motifs is 1.